The van der Waals surface area contributed by atoms with Crippen LogP contribution < -0.4 is 5.73 Å². The van der Waals surface area contributed by atoms with Gasteiger partial charge in [-0.1, -0.05) is 30.3 Å². The Morgan fingerprint density at radius 2 is 1.92 bits per heavy atom. The molecule has 2 N–H and O–H groups in total. The summed E-state index contributed by atoms with van der Waals surface area (Å²) in [7, 11) is 0. The Bertz CT molecular complexity index is 548. The number of nitrogens with two attached hydrogens (primary N) is 1. The van der Waals surface area contributed by atoms with Crippen LogP contribution in [0, 0.1) is 0 Å². The molecule has 0 aliphatic carbocycles. The molecular weight excluding hydrogens is 319 g/mol. The lowest BCUT2D eigenvalue weighted by Crippen LogP contribution is -2.47. The third kappa shape index (κ3) is 4.95. The number of rotatable bonds is 5. The van der Waals surface area contributed by atoms with Crippen LogP contribution in [0.4, 0.5) is 13.2 Å². The van der Waals surface area contributed by atoms with Gasteiger partial charge < -0.3 is 10.6 Å². The minimum absolute atomic E-state index is 0.0364. The molecule has 1 amide bonds. The van der Waals surface area contributed by atoms with Gasteiger partial charge in [-0.3, -0.25) is 9.69 Å². The number of likely N-dealkylation sites (tertiary alicyclic amines) is 1. The molecular formula is C17H24F3N3O. The Labute approximate surface area is 140 Å². The van der Waals surface area contributed by atoms with E-state index in [1.165, 1.54) is 0 Å². The minimum Gasteiger partial charge on any atom is -0.330 e. The highest BCUT2D eigenvalue weighted by molar-refractivity contribution is 5.78. The Morgan fingerprint density at radius 3 is 2.46 bits per heavy atom. The maximum Gasteiger partial charge on any atom is 0.406 e. The molecule has 134 valence electrons. The van der Waals surface area contributed by atoms with Crippen molar-refractivity contribution in [3.8, 4) is 0 Å². The smallest absolute Gasteiger partial charge is 0.330 e. The van der Waals surface area contributed by atoms with E-state index in [9.17, 15) is 18.0 Å². The van der Waals surface area contributed by atoms with Gasteiger partial charge in [0.2, 0.25) is 5.91 Å². The molecule has 0 saturated carbocycles. The van der Waals surface area contributed by atoms with Crippen molar-refractivity contribution < 1.29 is 18.0 Å². The monoisotopic (exact) mass is 343 g/mol. The largest absolute Gasteiger partial charge is 0.406 e. The number of halogens is 3. The number of hydrogen-bond donors (Lipinski definition) is 1. The van der Waals surface area contributed by atoms with Crippen molar-refractivity contribution in [1.29, 1.82) is 0 Å². The average Bonchev–Trinajstić information content (AvgIpc) is 2.85. The lowest BCUT2D eigenvalue weighted by molar-refractivity contribution is -0.165. The van der Waals surface area contributed by atoms with Gasteiger partial charge in [0.15, 0.2) is 0 Å². The molecule has 0 bridgehead atoms. The Hall–Kier alpha value is -1.60. The summed E-state index contributed by atoms with van der Waals surface area (Å²) in [5.74, 6) is -0.419. The summed E-state index contributed by atoms with van der Waals surface area (Å²) in [5, 5.41) is 0. The highest BCUT2D eigenvalue weighted by Crippen LogP contribution is 2.26. The number of carbonyl (C=O) groups is 1. The number of hydrogen-bond acceptors (Lipinski definition) is 3. The van der Waals surface area contributed by atoms with Crippen molar-refractivity contribution in [2.45, 2.75) is 38.0 Å². The second kappa shape index (κ2) is 7.53. The highest BCUT2D eigenvalue weighted by atomic mass is 19.4. The normalized spacial score (nSPS) is 22.1. The summed E-state index contributed by atoms with van der Waals surface area (Å²) >= 11 is 0. The summed E-state index contributed by atoms with van der Waals surface area (Å²) < 4.78 is 38.0. The molecule has 4 nitrogen and oxygen atoms in total. The maximum absolute atomic E-state index is 12.7. The zero-order valence-corrected chi connectivity index (χ0v) is 14.0. The van der Waals surface area contributed by atoms with Gasteiger partial charge in [0.25, 0.3) is 0 Å². The fourth-order valence-electron chi connectivity index (χ4n) is 3.13. The standard InChI is InChI=1S/C17H24F3N3O/c1-12(2)23(11-17(18,19)20)16(24)10-22-8-14(15(21)9-22)13-6-4-3-5-7-13/h3-7,12,14-15H,8-11,21H2,1-2H3/t14-,15+/m0/s1. The first-order valence-corrected chi connectivity index (χ1v) is 8.06. The third-order valence-electron chi connectivity index (χ3n) is 4.32. The van der Waals surface area contributed by atoms with Crippen LogP contribution in [-0.2, 0) is 4.79 Å². The fraction of sp³-hybridized carbons (Fsp3) is 0.588. The molecule has 0 radical (unpaired) electrons. The number of benzene rings is 1. The molecule has 1 aromatic rings. The van der Waals surface area contributed by atoms with Crippen LogP contribution in [0.5, 0.6) is 0 Å². The number of carbonyl (C=O) groups excluding carboxylic acids is 1. The lowest BCUT2D eigenvalue weighted by Gasteiger charge is -2.29. The van der Waals surface area contributed by atoms with E-state index in [1.807, 2.05) is 35.2 Å². The predicted molar refractivity (Wildman–Crippen MR) is 86.5 cm³/mol. The van der Waals surface area contributed by atoms with Gasteiger partial charge in [-0.2, -0.15) is 13.2 Å². The molecule has 1 aliphatic heterocycles. The summed E-state index contributed by atoms with van der Waals surface area (Å²) in [6.07, 6.45) is -4.39. The Balaban J connectivity index is 1.99. The van der Waals surface area contributed by atoms with Crippen molar-refractivity contribution in [3.05, 3.63) is 35.9 Å². The van der Waals surface area contributed by atoms with Crippen LogP contribution in [0.25, 0.3) is 0 Å². The van der Waals surface area contributed by atoms with Crippen LogP contribution in [0.15, 0.2) is 30.3 Å². The van der Waals surface area contributed by atoms with Gasteiger partial charge in [-0.15, -0.1) is 0 Å². The van der Waals surface area contributed by atoms with E-state index < -0.39 is 24.7 Å². The van der Waals surface area contributed by atoms with Gasteiger partial charge in [0, 0.05) is 31.1 Å². The second-order valence-electron chi connectivity index (χ2n) is 6.61. The topological polar surface area (TPSA) is 49.6 Å². The minimum atomic E-state index is -4.39. The molecule has 1 fully saturated rings. The van der Waals surface area contributed by atoms with E-state index in [0.717, 1.165) is 10.5 Å². The SMILES string of the molecule is CC(C)N(CC(F)(F)F)C(=O)CN1C[C@@H](N)[C@H](c2ccccc2)C1. The van der Waals surface area contributed by atoms with E-state index in [2.05, 4.69) is 0 Å². The third-order valence-corrected chi connectivity index (χ3v) is 4.32. The molecule has 1 heterocycles. The first-order chi connectivity index (χ1) is 11.2. The highest BCUT2D eigenvalue weighted by Gasteiger charge is 2.37. The molecule has 24 heavy (non-hydrogen) atoms. The Morgan fingerprint density at radius 1 is 1.29 bits per heavy atom. The molecule has 0 spiro atoms. The number of amides is 1. The quantitative estimate of drug-likeness (QED) is 0.892. The van der Waals surface area contributed by atoms with Crippen LogP contribution >= 0.6 is 0 Å². The molecule has 1 saturated heterocycles. The molecule has 0 aromatic heterocycles. The Kier molecular flexibility index (Phi) is 5.87. The first-order valence-electron chi connectivity index (χ1n) is 8.06. The van der Waals surface area contributed by atoms with Gasteiger partial charge in [-0.05, 0) is 19.4 Å². The van der Waals surface area contributed by atoms with Crippen LogP contribution in [0.2, 0.25) is 0 Å². The van der Waals surface area contributed by atoms with E-state index >= 15 is 0 Å². The number of nitrogens with zero attached hydrogens (tertiary/aromatic N) is 2. The van der Waals surface area contributed by atoms with E-state index in [-0.39, 0.29) is 18.5 Å². The first kappa shape index (κ1) is 18.7. The summed E-state index contributed by atoms with van der Waals surface area (Å²) in [6.45, 7) is 3.01. The number of alkyl halides is 3. The van der Waals surface area contributed by atoms with E-state index in [4.69, 9.17) is 5.73 Å². The molecule has 7 heteroatoms. The van der Waals surface area contributed by atoms with Crippen LogP contribution in [0.3, 0.4) is 0 Å². The van der Waals surface area contributed by atoms with Gasteiger partial charge >= 0.3 is 6.18 Å². The van der Waals surface area contributed by atoms with Crippen molar-refractivity contribution in [2.24, 2.45) is 5.73 Å². The zero-order valence-electron chi connectivity index (χ0n) is 14.0. The average molecular weight is 343 g/mol. The van der Waals surface area contributed by atoms with Crippen molar-refractivity contribution in [3.63, 3.8) is 0 Å². The molecule has 0 unspecified atom stereocenters. The summed E-state index contributed by atoms with van der Waals surface area (Å²) in [4.78, 5) is 15.0. The summed E-state index contributed by atoms with van der Waals surface area (Å²) in [5.41, 5.74) is 7.26. The van der Waals surface area contributed by atoms with Crippen molar-refractivity contribution in [1.82, 2.24) is 9.80 Å². The zero-order chi connectivity index (χ0) is 17.9. The predicted octanol–water partition coefficient (Wildman–Crippen LogP) is 2.21. The fourth-order valence-corrected chi connectivity index (χ4v) is 3.13. The van der Waals surface area contributed by atoms with Gasteiger partial charge in [0.1, 0.15) is 6.54 Å². The van der Waals surface area contributed by atoms with E-state index in [1.54, 1.807) is 13.8 Å². The van der Waals surface area contributed by atoms with Gasteiger partial charge in [0.05, 0.1) is 6.54 Å². The molecule has 1 aromatic carbocycles. The molecule has 2 rings (SSSR count). The maximum atomic E-state index is 12.7. The lowest BCUT2D eigenvalue weighted by atomic mass is 9.95. The molecule has 1 aliphatic rings. The van der Waals surface area contributed by atoms with Crippen LogP contribution in [-0.4, -0.2) is 60.1 Å². The molecule has 2 atom stereocenters. The summed E-state index contributed by atoms with van der Waals surface area (Å²) in [6, 6.07) is 9.12. The van der Waals surface area contributed by atoms with Crippen molar-refractivity contribution >= 4 is 5.91 Å². The van der Waals surface area contributed by atoms with Crippen molar-refractivity contribution in [2.75, 3.05) is 26.2 Å². The van der Waals surface area contributed by atoms with E-state index in [0.29, 0.717) is 13.1 Å². The van der Waals surface area contributed by atoms with Gasteiger partial charge in [-0.25, -0.2) is 0 Å². The second-order valence-corrected chi connectivity index (χ2v) is 6.61. The van der Waals surface area contributed by atoms with Crippen LogP contribution in [0.1, 0.15) is 25.3 Å².